The van der Waals surface area contributed by atoms with Crippen molar-refractivity contribution >= 4 is 18.3 Å². The Hall–Kier alpha value is -2.11. The van der Waals surface area contributed by atoms with Crippen LogP contribution in [0.2, 0.25) is 0 Å². The summed E-state index contributed by atoms with van der Waals surface area (Å²) >= 11 is 0. The zero-order valence-corrected chi connectivity index (χ0v) is 32.6. The first-order valence-electron chi connectivity index (χ1n) is 20.8. The number of hydrogen-bond acceptors (Lipinski definition) is 7. The molecule has 1 saturated heterocycles. The number of nitrogens with zero attached hydrogens (tertiary/aromatic N) is 2. The molecule has 3 amide bonds. The molecule has 0 spiro atoms. The predicted octanol–water partition coefficient (Wildman–Crippen LogP) is 5.66. The van der Waals surface area contributed by atoms with Crippen molar-refractivity contribution in [1.82, 2.24) is 21.0 Å². The number of nitrogens with two attached hydrogens (primary N) is 2. The Balaban J connectivity index is 0.000000654. The maximum Gasteiger partial charge on any atom is 0.317 e. The van der Waals surface area contributed by atoms with Gasteiger partial charge in [-0.3, -0.25) is 4.79 Å². The summed E-state index contributed by atoms with van der Waals surface area (Å²) in [5.74, 6) is 15.2. The summed E-state index contributed by atoms with van der Waals surface area (Å²) < 4.78 is 6.86. The molecule has 0 aromatic heterocycles. The first kappa shape index (κ1) is 40.1. The van der Waals surface area contributed by atoms with E-state index in [1.807, 2.05) is 11.8 Å². The van der Waals surface area contributed by atoms with E-state index in [1.54, 1.807) is 0 Å². The quantitative estimate of drug-likeness (QED) is 0.0401. The van der Waals surface area contributed by atoms with Crippen molar-refractivity contribution in [3.8, 4) is 0 Å². The van der Waals surface area contributed by atoms with Gasteiger partial charge in [-0.1, -0.05) is 53.9 Å². The molecular formula is C40H73N7O4. The molecule has 5 saturated carbocycles. The summed E-state index contributed by atoms with van der Waals surface area (Å²) in [6, 6.07) is 0.660. The number of hydrogen-bond donors (Lipinski definition) is 6. The van der Waals surface area contributed by atoms with Crippen LogP contribution < -0.4 is 27.7 Å². The number of urea groups is 1. The molecule has 6 fully saturated rings. The Morgan fingerprint density at radius 2 is 1.80 bits per heavy atom. The van der Waals surface area contributed by atoms with E-state index in [2.05, 4.69) is 48.9 Å². The molecule has 0 bridgehead atoms. The number of rotatable bonds is 11. The maximum atomic E-state index is 13.6. The monoisotopic (exact) mass is 716 g/mol. The molecular weight excluding hydrogens is 642 g/mol. The number of ether oxygens (including phenoxy) is 1. The van der Waals surface area contributed by atoms with E-state index >= 15 is 0 Å². The first-order chi connectivity index (χ1) is 24.5. The second kappa shape index (κ2) is 17.8. The number of carbonyl (C=O) groups excluding carboxylic acids is 2. The predicted molar refractivity (Wildman–Crippen MR) is 203 cm³/mol. The van der Waals surface area contributed by atoms with E-state index in [4.69, 9.17) is 16.4 Å². The zero-order chi connectivity index (χ0) is 36.8. The summed E-state index contributed by atoms with van der Waals surface area (Å²) in [6.07, 6.45) is 20.3. The minimum atomic E-state index is 0.0936. The minimum Gasteiger partial charge on any atom is -0.396 e. The van der Waals surface area contributed by atoms with Crippen molar-refractivity contribution in [1.29, 1.82) is 0 Å². The SMILES string of the molecule is CC(CO)CCC1OC2CC3C4CCC5C[C@H](NC(=O)N(CCNC=O)C6CCCCC6)CCC5(C)C4CCC3(C)C2[C@@H]1C.CC/C(=N/N)NN. The van der Waals surface area contributed by atoms with Gasteiger partial charge in [0.25, 0.3) is 0 Å². The lowest BCUT2D eigenvalue weighted by atomic mass is 9.44. The van der Waals surface area contributed by atoms with Gasteiger partial charge in [-0.25, -0.2) is 10.6 Å². The Morgan fingerprint density at radius 1 is 1.06 bits per heavy atom. The van der Waals surface area contributed by atoms with Crippen molar-refractivity contribution in [3.05, 3.63) is 0 Å². The lowest BCUT2D eigenvalue weighted by Crippen LogP contribution is -2.57. The number of hydrazone groups is 1. The number of amidine groups is 1. The number of hydrazine groups is 1. The highest BCUT2D eigenvalue weighted by Crippen LogP contribution is 2.70. The molecule has 292 valence electrons. The van der Waals surface area contributed by atoms with E-state index in [0.29, 0.717) is 71.7 Å². The Labute approximate surface area is 308 Å². The third-order valence-corrected chi connectivity index (χ3v) is 15.4. The van der Waals surface area contributed by atoms with E-state index in [-0.39, 0.29) is 18.7 Å². The van der Waals surface area contributed by atoms with Gasteiger partial charge in [-0.15, -0.1) is 0 Å². The molecule has 11 nitrogen and oxygen atoms in total. The van der Waals surface area contributed by atoms with Gasteiger partial charge >= 0.3 is 6.03 Å². The molecule has 51 heavy (non-hydrogen) atoms. The lowest BCUT2D eigenvalue weighted by Gasteiger charge is -2.61. The number of nitrogens with one attached hydrogen (secondary N) is 3. The summed E-state index contributed by atoms with van der Waals surface area (Å²) in [5.41, 5.74) is 3.11. The fourth-order valence-electron chi connectivity index (χ4n) is 12.5. The van der Waals surface area contributed by atoms with Crippen LogP contribution in [0.1, 0.15) is 137 Å². The molecule has 0 radical (unpaired) electrons. The van der Waals surface area contributed by atoms with E-state index in [1.165, 1.54) is 57.8 Å². The standard InChI is InChI=1S/C37H63N3O4.C3H10N4/c1-24(22-41)10-13-32-25(2)34-33(44-32)21-31-29-12-11-26-20-27(14-16-36(26,3)30(29)15-17-37(31,34)4)39-35(43)40(19-18-38-23-42)28-8-6-5-7-9-28;1-2-3(6-4)7-5/h23-34,41H,5-22H2,1-4H3,(H,38,42)(H,39,43);2,4-5H2,1H3,(H,6,7)/t24?,25-,26?,27-,29?,30?,31?,32?,33?,34?,36?,37?;/m1./s1. The van der Waals surface area contributed by atoms with Crippen LogP contribution in [0.5, 0.6) is 0 Å². The molecule has 6 rings (SSSR count). The highest BCUT2D eigenvalue weighted by molar-refractivity contribution is 5.80. The fourth-order valence-corrected chi connectivity index (χ4v) is 12.5. The van der Waals surface area contributed by atoms with Gasteiger partial charge in [0.15, 0.2) is 0 Å². The molecule has 10 unspecified atom stereocenters. The molecule has 1 aliphatic heterocycles. The third kappa shape index (κ3) is 8.51. The highest BCUT2D eigenvalue weighted by Gasteiger charge is 2.65. The van der Waals surface area contributed by atoms with Gasteiger partial charge in [0.05, 0.1) is 12.2 Å². The van der Waals surface area contributed by atoms with Crippen LogP contribution in [0.15, 0.2) is 5.10 Å². The minimum absolute atomic E-state index is 0.0936. The average molecular weight is 716 g/mol. The van der Waals surface area contributed by atoms with Crippen LogP contribution in [0, 0.1) is 52.3 Å². The molecule has 6 aliphatic rings. The number of carbonyl (C=O) groups is 2. The zero-order valence-electron chi connectivity index (χ0n) is 32.6. The number of amides is 3. The van der Waals surface area contributed by atoms with Gasteiger partial charge in [0, 0.05) is 38.2 Å². The van der Waals surface area contributed by atoms with Crippen molar-refractivity contribution in [2.24, 2.45) is 69.0 Å². The second-order valence-electron chi connectivity index (χ2n) is 18.0. The third-order valence-electron chi connectivity index (χ3n) is 15.4. The topological polar surface area (TPSA) is 167 Å². The average Bonchev–Trinajstić information content (AvgIpc) is 3.62. The van der Waals surface area contributed by atoms with Crippen LogP contribution >= 0.6 is 0 Å². The molecule has 8 N–H and O–H groups in total. The Bertz CT molecular complexity index is 1160. The van der Waals surface area contributed by atoms with Crippen LogP contribution in [0.25, 0.3) is 0 Å². The summed E-state index contributed by atoms with van der Waals surface area (Å²) in [4.78, 5) is 26.6. The normalized spacial score (nSPS) is 39.6. The fraction of sp³-hybridized carbons (Fsp3) is 0.925. The molecule has 12 atom stereocenters. The van der Waals surface area contributed by atoms with Crippen LogP contribution in [0.3, 0.4) is 0 Å². The van der Waals surface area contributed by atoms with Gasteiger partial charge in [-0.05, 0) is 129 Å². The Morgan fingerprint density at radius 3 is 2.45 bits per heavy atom. The molecule has 0 aromatic carbocycles. The molecule has 5 aliphatic carbocycles. The van der Waals surface area contributed by atoms with Crippen LogP contribution in [0.4, 0.5) is 4.79 Å². The molecule has 0 aromatic rings. The summed E-state index contributed by atoms with van der Waals surface area (Å²) in [6.45, 7) is 13.2. The van der Waals surface area contributed by atoms with Gasteiger partial charge in [0.2, 0.25) is 6.41 Å². The van der Waals surface area contributed by atoms with E-state index in [0.717, 1.165) is 69.1 Å². The first-order valence-corrected chi connectivity index (χ1v) is 20.8. The van der Waals surface area contributed by atoms with E-state index in [9.17, 15) is 14.7 Å². The number of aliphatic hydroxyl groups excluding tert-OH is 1. The second-order valence-corrected chi connectivity index (χ2v) is 18.0. The van der Waals surface area contributed by atoms with Crippen molar-refractivity contribution in [3.63, 3.8) is 0 Å². The van der Waals surface area contributed by atoms with Crippen molar-refractivity contribution in [2.75, 3.05) is 19.7 Å². The maximum absolute atomic E-state index is 13.6. The largest absolute Gasteiger partial charge is 0.396 e. The summed E-state index contributed by atoms with van der Waals surface area (Å²) in [5, 5.41) is 19.1. The van der Waals surface area contributed by atoms with Gasteiger partial charge < -0.3 is 36.6 Å². The van der Waals surface area contributed by atoms with Crippen molar-refractivity contribution in [2.45, 2.75) is 162 Å². The Kier molecular flexibility index (Phi) is 14.0. The van der Waals surface area contributed by atoms with E-state index < -0.39 is 0 Å². The van der Waals surface area contributed by atoms with Gasteiger partial charge in [-0.2, -0.15) is 5.10 Å². The van der Waals surface area contributed by atoms with Crippen molar-refractivity contribution < 1.29 is 19.4 Å². The van der Waals surface area contributed by atoms with Crippen LogP contribution in [-0.4, -0.2) is 72.3 Å². The smallest absolute Gasteiger partial charge is 0.317 e. The number of aliphatic hydroxyl groups is 1. The highest BCUT2D eigenvalue weighted by atomic mass is 16.5. The van der Waals surface area contributed by atoms with Gasteiger partial charge in [0.1, 0.15) is 5.84 Å². The summed E-state index contributed by atoms with van der Waals surface area (Å²) in [7, 11) is 0. The molecule has 1 heterocycles. The van der Waals surface area contributed by atoms with Crippen LogP contribution in [-0.2, 0) is 9.53 Å². The number of fused-ring (bicyclic) bond motifs is 7. The lowest BCUT2D eigenvalue weighted by molar-refractivity contribution is -0.118. The molecule has 11 heteroatoms.